The highest BCUT2D eigenvalue weighted by Gasteiger charge is 2.16. The van der Waals surface area contributed by atoms with Crippen LogP contribution >= 0.6 is 0 Å². The predicted octanol–water partition coefficient (Wildman–Crippen LogP) is 4.66. The molecule has 21 heavy (non-hydrogen) atoms. The van der Waals surface area contributed by atoms with Crippen LogP contribution in [-0.2, 0) is 0 Å². The Morgan fingerprint density at radius 2 is 1.76 bits per heavy atom. The molecule has 0 atom stereocenters. The molecule has 0 aliphatic heterocycles. The number of hydrogen-bond acceptors (Lipinski definition) is 2. The maximum atomic E-state index is 12.5. The van der Waals surface area contributed by atoms with Gasteiger partial charge in [-0.1, -0.05) is 60.7 Å². The predicted molar refractivity (Wildman–Crippen MR) is 86.3 cm³/mol. The first-order valence-electron chi connectivity index (χ1n) is 6.88. The normalized spacial score (nSPS) is 10.5. The molecule has 1 aromatic heterocycles. The van der Waals surface area contributed by atoms with Crippen LogP contribution in [-0.4, -0.2) is 10.8 Å². The SMILES string of the molecule is C=CCC(=O)c1c(-c2ccccc2)ncc2ccccc12. The van der Waals surface area contributed by atoms with Gasteiger partial charge in [0.25, 0.3) is 0 Å². The molecule has 0 saturated heterocycles. The van der Waals surface area contributed by atoms with Crippen molar-refractivity contribution in [3.63, 3.8) is 0 Å². The largest absolute Gasteiger partial charge is 0.294 e. The number of nitrogens with zero attached hydrogens (tertiary/aromatic N) is 1. The molecule has 0 amide bonds. The lowest BCUT2D eigenvalue weighted by Crippen LogP contribution is -2.03. The molecule has 0 bridgehead atoms. The minimum Gasteiger partial charge on any atom is -0.294 e. The zero-order valence-corrected chi connectivity index (χ0v) is 11.6. The van der Waals surface area contributed by atoms with Gasteiger partial charge in [-0.3, -0.25) is 9.78 Å². The summed E-state index contributed by atoms with van der Waals surface area (Å²) in [7, 11) is 0. The van der Waals surface area contributed by atoms with Crippen molar-refractivity contribution in [3.05, 3.63) is 79.0 Å². The molecule has 2 heteroatoms. The smallest absolute Gasteiger partial charge is 0.169 e. The van der Waals surface area contributed by atoms with Gasteiger partial charge in [0.1, 0.15) is 0 Å². The summed E-state index contributed by atoms with van der Waals surface area (Å²) >= 11 is 0. The lowest BCUT2D eigenvalue weighted by atomic mass is 9.95. The van der Waals surface area contributed by atoms with E-state index in [1.165, 1.54) is 0 Å². The van der Waals surface area contributed by atoms with Crippen molar-refractivity contribution in [2.45, 2.75) is 6.42 Å². The fraction of sp³-hybridized carbons (Fsp3) is 0.0526. The molecule has 3 rings (SSSR count). The molecule has 0 aliphatic carbocycles. The molecule has 0 fully saturated rings. The van der Waals surface area contributed by atoms with E-state index in [-0.39, 0.29) is 5.78 Å². The van der Waals surface area contributed by atoms with Gasteiger partial charge in [-0.2, -0.15) is 0 Å². The zero-order valence-electron chi connectivity index (χ0n) is 11.6. The van der Waals surface area contributed by atoms with Crippen molar-refractivity contribution in [1.29, 1.82) is 0 Å². The Balaban J connectivity index is 2.31. The van der Waals surface area contributed by atoms with E-state index in [2.05, 4.69) is 11.6 Å². The van der Waals surface area contributed by atoms with E-state index in [9.17, 15) is 4.79 Å². The van der Waals surface area contributed by atoms with Gasteiger partial charge in [-0.25, -0.2) is 0 Å². The highest BCUT2D eigenvalue weighted by atomic mass is 16.1. The van der Waals surface area contributed by atoms with Crippen molar-refractivity contribution in [2.24, 2.45) is 0 Å². The van der Waals surface area contributed by atoms with E-state index >= 15 is 0 Å². The van der Waals surface area contributed by atoms with Crippen LogP contribution in [0.4, 0.5) is 0 Å². The van der Waals surface area contributed by atoms with Crippen molar-refractivity contribution >= 4 is 16.6 Å². The molecule has 2 nitrogen and oxygen atoms in total. The highest BCUT2D eigenvalue weighted by molar-refractivity contribution is 6.12. The lowest BCUT2D eigenvalue weighted by Gasteiger charge is -2.11. The van der Waals surface area contributed by atoms with E-state index < -0.39 is 0 Å². The molecule has 3 aromatic rings. The van der Waals surface area contributed by atoms with E-state index in [1.807, 2.05) is 60.8 Å². The van der Waals surface area contributed by atoms with Crippen LogP contribution in [0, 0.1) is 0 Å². The maximum Gasteiger partial charge on any atom is 0.169 e. The topological polar surface area (TPSA) is 30.0 Å². The Morgan fingerprint density at radius 3 is 2.52 bits per heavy atom. The van der Waals surface area contributed by atoms with Gasteiger partial charge in [0.05, 0.1) is 11.3 Å². The summed E-state index contributed by atoms with van der Waals surface area (Å²) in [6.45, 7) is 3.67. The maximum absolute atomic E-state index is 12.5. The standard InChI is InChI=1S/C19H15NO/c1-2-8-17(21)18-16-12-7-6-11-15(16)13-20-19(18)14-9-4-3-5-10-14/h2-7,9-13H,1,8H2. The first-order chi connectivity index (χ1) is 10.3. The Hall–Kier alpha value is -2.74. The van der Waals surface area contributed by atoms with Crippen LogP contribution in [0.1, 0.15) is 16.8 Å². The number of benzene rings is 2. The van der Waals surface area contributed by atoms with Crippen LogP contribution in [0.15, 0.2) is 73.4 Å². The van der Waals surface area contributed by atoms with Gasteiger partial charge in [0, 0.05) is 23.6 Å². The van der Waals surface area contributed by atoms with Gasteiger partial charge in [-0.05, 0) is 5.39 Å². The van der Waals surface area contributed by atoms with Crippen molar-refractivity contribution < 1.29 is 4.79 Å². The summed E-state index contributed by atoms with van der Waals surface area (Å²) in [5.41, 5.74) is 2.37. The van der Waals surface area contributed by atoms with Crippen LogP contribution in [0.3, 0.4) is 0 Å². The summed E-state index contributed by atoms with van der Waals surface area (Å²) in [5, 5.41) is 1.92. The summed E-state index contributed by atoms with van der Waals surface area (Å²) in [4.78, 5) is 17.1. The van der Waals surface area contributed by atoms with Gasteiger partial charge in [0.15, 0.2) is 5.78 Å². The number of pyridine rings is 1. The fourth-order valence-corrected chi connectivity index (χ4v) is 2.49. The van der Waals surface area contributed by atoms with Gasteiger partial charge >= 0.3 is 0 Å². The van der Waals surface area contributed by atoms with Crippen molar-refractivity contribution in [3.8, 4) is 11.3 Å². The fourth-order valence-electron chi connectivity index (χ4n) is 2.49. The number of fused-ring (bicyclic) bond motifs is 1. The van der Waals surface area contributed by atoms with E-state index in [1.54, 1.807) is 6.08 Å². The summed E-state index contributed by atoms with van der Waals surface area (Å²) in [6.07, 6.45) is 3.77. The Morgan fingerprint density at radius 1 is 1.05 bits per heavy atom. The lowest BCUT2D eigenvalue weighted by molar-refractivity contribution is 0.0998. The monoisotopic (exact) mass is 273 g/mol. The number of Topliss-reactive ketones (excluding diaryl/α,β-unsaturated/α-hetero) is 1. The number of aromatic nitrogens is 1. The van der Waals surface area contributed by atoms with Crippen molar-refractivity contribution in [2.75, 3.05) is 0 Å². The molecular weight excluding hydrogens is 258 g/mol. The summed E-state index contributed by atoms with van der Waals surface area (Å²) in [6, 6.07) is 17.7. The van der Waals surface area contributed by atoms with Crippen LogP contribution < -0.4 is 0 Å². The van der Waals surface area contributed by atoms with E-state index in [4.69, 9.17) is 0 Å². The minimum absolute atomic E-state index is 0.0492. The van der Waals surface area contributed by atoms with Crippen molar-refractivity contribution in [1.82, 2.24) is 4.98 Å². The van der Waals surface area contributed by atoms with E-state index in [0.717, 1.165) is 22.0 Å². The third-order valence-electron chi connectivity index (χ3n) is 3.46. The second kappa shape index (κ2) is 5.71. The molecule has 0 N–H and O–H groups in total. The summed E-state index contributed by atoms with van der Waals surface area (Å²) < 4.78 is 0. The average molecular weight is 273 g/mol. The zero-order chi connectivity index (χ0) is 14.7. The molecule has 0 aliphatic rings. The first-order valence-corrected chi connectivity index (χ1v) is 6.88. The van der Waals surface area contributed by atoms with E-state index in [0.29, 0.717) is 12.0 Å². The second-order valence-corrected chi connectivity index (χ2v) is 4.85. The third-order valence-corrected chi connectivity index (χ3v) is 3.46. The number of carbonyl (C=O) groups excluding carboxylic acids is 1. The molecule has 0 saturated carbocycles. The number of allylic oxidation sites excluding steroid dienone is 1. The Kier molecular flexibility index (Phi) is 3.61. The highest BCUT2D eigenvalue weighted by Crippen LogP contribution is 2.29. The quantitative estimate of drug-likeness (QED) is 0.511. The number of carbonyl (C=O) groups is 1. The Bertz CT molecular complexity index is 806. The van der Waals surface area contributed by atoms with Gasteiger partial charge in [0.2, 0.25) is 0 Å². The van der Waals surface area contributed by atoms with Crippen LogP contribution in [0.25, 0.3) is 22.0 Å². The molecule has 2 aromatic carbocycles. The number of hydrogen-bond donors (Lipinski definition) is 0. The first kappa shape index (κ1) is 13.3. The van der Waals surface area contributed by atoms with Gasteiger partial charge < -0.3 is 0 Å². The Labute approximate surface area is 123 Å². The number of ketones is 1. The third kappa shape index (κ3) is 2.48. The van der Waals surface area contributed by atoms with Gasteiger partial charge in [-0.15, -0.1) is 6.58 Å². The van der Waals surface area contributed by atoms with Crippen LogP contribution in [0.5, 0.6) is 0 Å². The molecule has 0 radical (unpaired) electrons. The molecule has 0 spiro atoms. The molecule has 0 unspecified atom stereocenters. The molecule has 102 valence electrons. The second-order valence-electron chi connectivity index (χ2n) is 4.85. The molecule has 1 heterocycles. The molecular formula is C19H15NO. The minimum atomic E-state index is 0.0492. The van der Waals surface area contributed by atoms with Crippen LogP contribution in [0.2, 0.25) is 0 Å². The number of rotatable bonds is 4. The summed E-state index contributed by atoms with van der Waals surface area (Å²) in [5.74, 6) is 0.0492. The average Bonchev–Trinajstić information content (AvgIpc) is 2.54.